The number of hydrogen-bond acceptors (Lipinski definition) is 4. The van der Waals surface area contributed by atoms with Gasteiger partial charge in [-0.05, 0) is 24.6 Å². The van der Waals surface area contributed by atoms with Crippen LogP contribution in [-0.2, 0) is 14.8 Å². The highest BCUT2D eigenvalue weighted by atomic mass is 32.2. The van der Waals surface area contributed by atoms with Crippen molar-refractivity contribution >= 4 is 21.6 Å². The van der Waals surface area contributed by atoms with E-state index in [0.29, 0.717) is 24.3 Å². The van der Waals surface area contributed by atoms with E-state index in [1.54, 1.807) is 19.1 Å². The molecule has 2 rings (SSSR count). The van der Waals surface area contributed by atoms with E-state index in [0.717, 1.165) is 0 Å². The summed E-state index contributed by atoms with van der Waals surface area (Å²) in [6.45, 7) is 2.96. The molecule has 98 valence electrons. The lowest BCUT2D eigenvalue weighted by Gasteiger charge is -2.25. The molecule has 0 atom stereocenters. The molecular formula is C11H15N3O3S. The molecule has 1 aliphatic heterocycles. The van der Waals surface area contributed by atoms with Crippen molar-refractivity contribution in [1.29, 1.82) is 0 Å². The zero-order chi connectivity index (χ0) is 13.3. The summed E-state index contributed by atoms with van der Waals surface area (Å²) in [7, 11) is -3.77. The molecule has 4 N–H and O–H groups in total. The fourth-order valence-electron chi connectivity index (χ4n) is 1.70. The number of primary sulfonamides is 1. The average Bonchev–Trinajstić information content (AvgIpc) is 2.16. The quantitative estimate of drug-likeness (QED) is 0.707. The Balaban J connectivity index is 2.22. The second-order valence-electron chi connectivity index (χ2n) is 4.37. The predicted octanol–water partition coefficient (Wildman–Crippen LogP) is -0.200. The number of nitrogens with one attached hydrogen (secondary N) is 2. The fourth-order valence-corrected chi connectivity index (χ4v) is 2.51. The number of amides is 1. The second-order valence-corrected chi connectivity index (χ2v) is 5.90. The third kappa shape index (κ3) is 2.69. The molecule has 1 aliphatic rings. The number of carbonyl (C=O) groups excluding carboxylic acids is 1. The molecule has 6 nitrogen and oxygen atoms in total. The number of benzene rings is 1. The summed E-state index contributed by atoms with van der Waals surface area (Å²) >= 11 is 0. The van der Waals surface area contributed by atoms with E-state index in [4.69, 9.17) is 5.14 Å². The van der Waals surface area contributed by atoms with Crippen LogP contribution < -0.4 is 15.8 Å². The van der Waals surface area contributed by atoms with Gasteiger partial charge >= 0.3 is 0 Å². The normalized spacial score (nSPS) is 16.1. The van der Waals surface area contributed by atoms with Crippen molar-refractivity contribution in [1.82, 2.24) is 5.32 Å². The van der Waals surface area contributed by atoms with Gasteiger partial charge in [-0.3, -0.25) is 4.79 Å². The van der Waals surface area contributed by atoms with Crippen LogP contribution in [-0.4, -0.2) is 27.4 Å². The molecule has 1 saturated heterocycles. The molecular weight excluding hydrogens is 254 g/mol. The first kappa shape index (κ1) is 13.0. The topological polar surface area (TPSA) is 101 Å². The van der Waals surface area contributed by atoms with E-state index >= 15 is 0 Å². The predicted molar refractivity (Wildman–Crippen MR) is 67.5 cm³/mol. The molecule has 1 aromatic rings. The van der Waals surface area contributed by atoms with Crippen LogP contribution in [0.3, 0.4) is 0 Å². The molecule has 1 aromatic carbocycles. The highest BCUT2D eigenvalue weighted by Crippen LogP contribution is 2.19. The summed E-state index contributed by atoms with van der Waals surface area (Å²) in [5, 5.41) is 10.8. The lowest BCUT2D eigenvalue weighted by Crippen LogP contribution is -2.48. The minimum Gasteiger partial charge on any atom is -0.326 e. The fraction of sp³-hybridized carbons (Fsp3) is 0.364. The van der Waals surface area contributed by atoms with Crippen LogP contribution in [0.1, 0.15) is 5.56 Å². The van der Waals surface area contributed by atoms with Crippen molar-refractivity contribution in [2.45, 2.75) is 11.8 Å². The third-order valence-electron chi connectivity index (χ3n) is 2.91. The van der Waals surface area contributed by atoms with Crippen molar-refractivity contribution < 1.29 is 13.2 Å². The second kappa shape index (κ2) is 4.68. The Labute approximate surface area is 106 Å². The van der Waals surface area contributed by atoms with Gasteiger partial charge in [-0.25, -0.2) is 13.6 Å². The smallest absolute Gasteiger partial charge is 0.238 e. The Hall–Kier alpha value is -1.44. The number of nitrogens with two attached hydrogens (primary N) is 1. The average molecular weight is 269 g/mol. The van der Waals surface area contributed by atoms with Crippen LogP contribution in [0, 0.1) is 12.8 Å². The van der Waals surface area contributed by atoms with E-state index in [9.17, 15) is 13.2 Å². The zero-order valence-corrected chi connectivity index (χ0v) is 10.8. The summed E-state index contributed by atoms with van der Waals surface area (Å²) in [6.07, 6.45) is 0. The van der Waals surface area contributed by atoms with Crippen molar-refractivity contribution in [3.8, 4) is 0 Å². The van der Waals surface area contributed by atoms with Crippen molar-refractivity contribution in [2.24, 2.45) is 11.1 Å². The minimum atomic E-state index is -3.77. The van der Waals surface area contributed by atoms with Gasteiger partial charge < -0.3 is 10.6 Å². The lowest BCUT2D eigenvalue weighted by molar-refractivity contribution is -0.121. The van der Waals surface area contributed by atoms with Gasteiger partial charge in [0.1, 0.15) is 0 Å². The van der Waals surface area contributed by atoms with Gasteiger partial charge in [0, 0.05) is 18.8 Å². The van der Waals surface area contributed by atoms with E-state index in [2.05, 4.69) is 10.6 Å². The number of hydrogen-bond donors (Lipinski definition) is 3. The molecule has 1 heterocycles. The van der Waals surface area contributed by atoms with Gasteiger partial charge in [-0.15, -0.1) is 0 Å². The maximum atomic E-state index is 11.7. The Morgan fingerprint density at radius 3 is 2.61 bits per heavy atom. The molecule has 0 aliphatic carbocycles. The van der Waals surface area contributed by atoms with Gasteiger partial charge in [0.2, 0.25) is 15.9 Å². The zero-order valence-electron chi connectivity index (χ0n) is 9.93. The Morgan fingerprint density at radius 1 is 1.44 bits per heavy atom. The van der Waals surface area contributed by atoms with Gasteiger partial charge in [-0.1, -0.05) is 6.07 Å². The molecule has 0 aromatic heterocycles. The lowest BCUT2D eigenvalue weighted by atomic mass is 10.0. The van der Waals surface area contributed by atoms with Crippen LogP contribution in [0.2, 0.25) is 0 Å². The van der Waals surface area contributed by atoms with Gasteiger partial charge in [0.15, 0.2) is 0 Å². The molecule has 7 heteroatoms. The summed E-state index contributed by atoms with van der Waals surface area (Å²) in [6, 6.07) is 4.66. The molecule has 0 bridgehead atoms. The van der Waals surface area contributed by atoms with Crippen LogP contribution in [0.5, 0.6) is 0 Å². The highest BCUT2D eigenvalue weighted by molar-refractivity contribution is 7.89. The molecule has 0 spiro atoms. The Morgan fingerprint density at radius 2 is 2.11 bits per heavy atom. The number of aryl methyl sites for hydroxylation is 1. The largest absolute Gasteiger partial charge is 0.326 e. The van der Waals surface area contributed by atoms with E-state index in [1.165, 1.54) is 6.07 Å². The standard InChI is InChI=1S/C11H15N3O3S/c1-7-2-3-9(4-10(7)18(12,16)17)14-11(15)8-5-13-6-8/h2-4,8,13H,5-6H2,1H3,(H,14,15)(H2,12,16,17). The number of sulfonamides is 1. The van der Waals surface area contributed by atoms with E-state index in [-0.39, 0.29) is 16.7 Å². The first-order valence-electron chi connectivity index (χ1n) is 5.53. The van der Waals surface area contributed by atoms with E-state index in [1.807, 2.05) is 0 Å². The monoisotopic (exact) mass is 269 g/mol. The van der Waals surface area contributed by atoms with Crippen LogP contribution >= 0.6 is 0 Å². The molecule has 1 amide bonds. The third-order valence-corrected chi connectivity index (χ3v) is 3.97. The Kier molecular flexibility index (Phi) is 3.38. The summed E-state index contributed by atoms with van der Waals surface area (Å²) in [5.74, 6) is -0.165. The van der Waals surface area contributed by atoms with Crippen molar-refractivity contribution in [3.05, 3.63) is 23.8 Å². The molecule has 18 heavy (non-hydrogen) atoms. The molecule has 1 fully saturated rings. The minimum absolute atomic E-state index is 0.0343. The first-order chi connectivity index (χ1) is 8.38. The van der Waals surface area contributed by atoms with E-state index < -0.39 is 10.0 Å². The number of anilines is 1. The summed E-state index contributed by atoms with van der Waals surface area (Å²) in [4.78, 5) is 11.7. The van der Waals surface area contributed by atoms with Gasteiger partial charge in [0.25, 0.3) is 0 Å². The SMILES string of the molecule is Cc1ccc(NC(=O)C2CNC2)cc1S(N)(=O)=O. The van der Waals surface area contributed by atoms with Crippen LogP contribution in [0.25, 0.3) is 0 Å². The molecule has 0 saturated carbocycles. The molecule has 0 radical (unpaired) electrons. The summed E-state index contributed by atoms with van der Waals surface area (Å²) < 4.78 is 22.7. The number of carbonyl (C=O) groups is 1. The maximum Gasteiger partial charge on any atom is 0.238 e. The maximum absolute atomic E-state index is 11.7. The van der Waals surface area contributed by atoms with Crippen LogP contribution in [0.4, 0.5) is 5.69 Å². The van der Waals surface area contributed by atoms with Gasteiger partial charge in [-0.2, -0.15) is 0 Å². The van der Waals surface area contributed by atoms with Gasteiger partial charge in [0.05, 0.1) is 10.8 Å². The van der Waals surface area contributed by atoms with Crippen molar-refractivity contribution in [3.63, 3.8) is 0 Å². The first-order valence-corrected chi connectivity index (χ1v) is 7.07. The molecule has 0 unspecified atom stereocenters. The van der Waals surface area contributed by atoms with Crippen molar-refractivity contribution in [2.75, 3.05) is 18.4 Å². The number of rotatable bonds is 3. The Bertz CT molecular complexity index is 579. The van der Waals surface area contributed by atoms with Crippen LogP contribution in [0.15, 0.2) is 23.1 Å². The summed E-state index contributed by atoms with van der Waals surface area (Å²) in [5.41, 5.74) is 1.00. The highest BCUT2D eigenvalue weighted by Gasteiger charge is 2.25.